The summed E-state index contributed by atoms with van der Waals surface area (Å²) in [5, 5.41) is 7.12. The maximum Gasteiger partial charge on any atom is 0.490 e. The maximum atomic E-state index is 12.1. The minimum atomic E-state index is -5.08. The van der Waals surface area contributed by atoms with Crippen LogP contribution in [0.4, 0.5) is 13.2 Å². The van der Waals surface area contributed by atoms with Gasteiger partial charge in [0.1, 0.15) is 18.1 Å². The average molecular weight is 462 g/mol. The van der Waals surface area contributed by atoms with E-state index in [1.54, 1.807) is 0 Å². The van der Waals surface area contributed by atoms with Gasteiger partial charge in [0, 0.05) is 32.6 Å². The number of nitrogens with zero attached hydrogens (tertiary/aromatic N) is 2. The van der Waals surface area contributed by atoms with E-state index in [2.05, 4.69) is 4.90 Å². The molecule has 3 fully saturated rings. The molecule has 1 N–H and O–H groups in total. The normalized spacial score (nSPS) is 25.9. The van der Waals surface area contributed by atoms with Crippen LogP contribution in [0.15, 0.2) is 16.5 Å². The van der Waals surface area contributed by atoms with Gasteiger partial charge in [-0.3, -0.25) is 9.69 Å². The predicted octanol–water partition coefficient (Wildman–Crippen LogP) is 2.59. The highest BCUT2D eigenvalue weighted by Crippen LogP contribution is 2.36. The van der Waals surface area contributed by atoms with E-state index in [1.807, 2.05) is 24.0 Å². The first-order chi connectivity index (χ1) is 15.1. The molecule has 0 saturated carbocycles. The fraction of sp³-hybridized carbons (Fsp3) is 0.714. The second-order valence-electron chi connectivity index (χ2n) is 8.49. The van der Waals surface area contributed by atoms with Gasteiger partial charge in [-0.1, -0.05) is 0 Å². The van der Waals surface area contributed by atoms with E-state index in [0.29, 0.717) is 6.61 Å². The van der Waals surface area contributed by atoms with Crippen molar-refractivity contribution < 1.29 is 41.8 Å². The first kappa shape index (κ1) is 24.5. The highest BCUT2D eigenvalue weighted by Gasteiger charge is 2.46. The smallest absolute Gasteiger partial charge is 0.475 e. The number of ether oxygens (including phenoxy) is 2. The van der Waals surface area contributed by atoms with E-state index < -0.39 is 12.1 Å². The Bertz CT molecular complexity index is 793. The number of rotatable bonds is 5. The number of furan rings is 1. The Hall–Kier alpha value is -2.11. The molecule has 2 atom stereocenters. The van der Waals surface area contributed by atoms with Crippen LogP contribution in [0, 0.1) is 6.92 Å². The number of amides is 1. The van der Waals surface area contributed by atoms with E-state index in [9.17, 15) is 18.0 Å². The molecule has 3 saturated heterocycles. The summed E-state index contributed by atoms with van der Waals surface area (Å²) in [6.45, 7) is 7.29. The number of aliphatic carboxylic acids is 1. The van der Waals surface area contributed by atoms with Gasteiger partial charge >= 0.3 is 12.1 Å². The summed E-state index contributed by atoms with van der Waals surface area (Å²) in [5.74, 6) is -0.666. The van der Waals surface area contributed by atoms with Crippen LogP contribution in [0.1, 0.15) is 37.2 Å². The molecule has 0 bridgehead atoms. The third-order valence-corrected chi connectivity index (χ3v) is 5.89. The quantitative estimate of drug-likeness (QED) is 0.719. The standard InChI is InChI=1S/C19H28N2O4.C2HF3O2/c1-15-4-5-16(25-15)11-20-9-6-19(14-20)10-17(12-24-19)23-13-18(22)21-7-2-3-8-21;3-2(4,5)1(6)7/h4-5,17H,2-3,6-14H2,1H3;(H,6,7)/t17-,19+;/m1./s1. The van der Waals surface area contributed by atoms with Crippen LogP contribution < -0.4 is 0 Å². The highest BCUT2D eigenvalue weighted by molar-refractivity contribution is 5.77. The molecule has 0 radical (unpaired) electrons. The lowest BCUT2D eigenvalue weighted by Crippen LogP contribution is -2.34. The van der Waals surface area contributed by atoms with Crippen LogP contribution in [0.5, 0.6) is 0 Å². The molecule has 3 aliphatic rings. The predicted molar refractivity (Wildman–Crippen MR) is 106 cm³/mol. The first-order valence-corrected chi connectivity index (χ1v) is 10.7. The molecular weight excluding hydrogens is 433 g/mol. The van der Waals surface area contributed by atoms with Crippen molar-refractivity contribution in [1.29, 1.82) is 0 Å². The van der Waals surface area contributed by atoms with Crippen molar-refractivity contribution in [3.05, 3.63) is 23.7 Å². The summed E-state index contributed by atoms with van der Waals surface area (Å²) in [7, 11) is 0. The zero-order valence-electron chi connectivity index (χ0n) is 18.0. The topological polar surface area (TPSA) is 92.5 Å². The third kappa shape index (κ3) is 6.69. The van der Waals surface area contributed by atoms with Crippen molar-refractivity contribution in [3.8, 4) is 0 Å². The Morgan fingerprint density at radius 2 is 1.94 bits per heavy atom. The SMILES string of the molecule is Cc1ccc(CN2CC[C@]3(C[C@@H](OCC(=O)N4CCCC4)CO3)C2)o1.O=C(O)C(F)(F)F. The fourth-order valence-electron chi connectivity index (χ4n) is 4.29. The van der Waals surface area contributed by atoms with E-state index in [0.717, 1.165) is 69.9 Å². The van der Waals surface area contributed by atoms with Crippen LogP contribution >= 0.6 is 0 Å². The highest BCUT2D eigenvalue weighted by atomic mass is 19.4. The Morgan fingerprint density at radius 3 is 2.53 bits per heavy atom. The number of carbonyl (C=O) groups is 2. The average Bonchev–Trinajstić information content (AvgIpc) is 3.51. The van der Waals surface area contributed by atoms with E-state index in [1.165, 1.54) is 0 Å². The maximum absolute atomic E-state index is 12.1. The van der Waals surface area contributed by atoms with Crippen LogP contribution in [-0.2, 0) is 25.6 Å². The van der Waals surface area contributed by atoms with Gasteiger partial charge in [-0.15, -0.1) is 0 Å². The largest absolute Gasteiger partial charge is 0.490 e. The zero-order chi connectivity index (χ0) is 23.4. The number of aryl methyl sites for hydroxylation is 1. The number of carbonyl (C=O) groups excluding carboxylic acids is 1. The Balaban J connectivity index is 0.000000360. The van der Waals surface area contributed by atoms with Crippen LogP contribution in [-0.4, -0.2) is 84.1 Å². The van der Waals surface area contributed by atoms with Crippen molar-refractivity contribution in [3.63, 3.8) is 0 Å². The number of alkyl halides is 3. The lowest BCUT2D eigenvalue weighted by atomic mass is 9.98. The van der Waals surface area contributed by atoms with E-state index in [4.69, 9.17) is 23.8 Å². The van der Waals surface area contributed by atoms with Gasteiger partial charge in [0.15, 0.2) is 0 Å². The first-order valence-electron chi connectivity index (χ1n) is 10.7. The van der Waals surface area contributed by atoms with Crippen molar-refractivity contribution >= 4 is 11.9 Å². The van der Waals surface area contributed by atoms with Crippen molar-refractivity contribution in [1.82, 2.24) is 9.80 Å². The molecule has 3 aliphatic heterocycles. The number of likely N-dealkylation sites (tertiary alicyclic amines) is 2. The molecule has 180 valence electrons. The van der Waals surface area contributed by atoms with Gasteiger partial charge in [0.25, 0.3) is 0 Å². The summed E-state index contributed by atoms with van der Waals surface area (Å²) >= 11 is 0. The summed E-state index contributed by atoms with van der Waals surface area (Å²) in [6, 6.07) is 4.06. The van der Waals surface area contributed by atoms with Crippen LogP contribution in [0.3, 0.4) is 0 Å². The minimum Gasteiger partial charge on any atom is -0.475 e. The number of hydrogen-bond donors (Lipinski definition) is 1. The van der Waals surface area contributed by atoms with Crippen LogP contribution in [0.25, 0.3) is 0 Å². The lowest BCUT2D eigenvalue weighted by molar-refractivity contribution is -0.192. The molecule has 32 heavy (non-hydrogen) atoms. The Kier molecular flexibility index (Phi) is 7.84. The Morgan fingerprint density at radius 1 is 1.25 bits per heavy atom. The fourth-order valence-corrected chi connectivity index (χ4v) is 4.29. The lowest BCUT2D eigenvalue weighted by Gasteiger charge is -2.23. The molecule has 1 aromatic heterocycles. The molecule has 0 unspecified atom stereocenters. The molecule has 8 nitrogen and oxygen atoms in total. The van der Waals surface area contributed by atoms with Crippen molar-refractivity contribution in [2.45, 2.75) is 57.0 Å². The second kappa shape index (κ2) is 10.2. The van der Waals surface area contributed by atoms with Gasteiger partial charge in [-0.25, -0.2) is 4.79 Å². The molecule has 4 heterocycles. The summed E-state index contributed by atoms with van der Waals surface area (Å²) in [5.41, 5.74) is -0.108. The van der Waals surface area contributed by atoms with Gasteiger partial charge in [0.05, 0.1) is 24.9 Å². The van der Waals surface area contributed by atoms with Gasteiger partial charge in [0.2, 0.25) is 5.91 Å². The molecule has 1 amide bonds. The second-order valence-corrected chi connectivity index (χ2v) is 8.49. The monoisotopic (exact) mass is 462 g/mol. The third-order valence-electron chi connectivity index (χ3n) is 5.89. The summed E-state index contributed by atoms with van der Waals surface area (Å²) in [6.07, 6.45) is -0.906. The van der Waals surface area contributed by atoms with E-state index >= 15 is 0 Å². The molecule has 4 rings (SSSR count). The summed E-state index contributed by atoms with van der Waals surface area (Å²) in [4.78, 5) is 25.3. The molecule has 0 aliphatic carbocycles. The van der Waals surface area contributed by atoms with Gasteiger partial charge < -0.3 is 23.9 Å². The summed E-state index contributed by atoms with van der Waals surface area (Å²) < 4.78 is 49.4. The van der Waals surface area contributed by atoms with E-state index in [-0.39, 0.29) is 24.2 Å². The van der Waals surface area contributed by atoms with Gasteiger partial charge in [-0.2, -0.15) is 13.2 Å². The molecule has 1 aromatic rings. The van der Waals surface area contributed by atoms with Gasteiger partial charge in [-0.05, 0) is 38.3 Å². The van der Waals surface area contributed by atoms with Crippen LogP contribution in [0.2, 0.25) is 0 Å². The van der Waals surface area contributed by atoms with Crippen molar-refractivity contribution in [2.75, 3.05) is 39.4 Å². The molecule has 0 aromatic carbocycles. The molecule has 11 heteroatoms. The number of hydrogen-bond acceptors (Lipinski definition) is 6. The number of carboxylic acid groups (broad SMARTS) is 1. The zero-order valence-corrected chi connectivity index (χ0v) is 18.0. The molecule has 1 spiro atoms. The number of carboxylic acids is 1. The molecular formula is C21H29F3N2O6. The minimum absolute atomic E-state index is 0.0392. The Labute approximate surface area is 184 Å². The van der Waals surface area contributed by atoms with Crippen molar-refractivity contribution in [2.24, 2.45) is 0 Å². The number of halogens is 3.